The van der Waals surface area contributed by atoms with Crippen molar-refractivity contribution in [2.24, 2.45) is 0 Å². The second-order valence-corrected chi connectivity index (χ2v) is 33.7. The number of hydrogen-bond acceptors (Lipinski definition) is 0. The van der Waals surface area contributed by atoms with Gasteiger partial charge in [0.25, 0.3) is 0 Å². The average molecular weight is 1220 g/mol. The van der Waals surface area contributed by atoms with Gasteiger partial charge < -0.3 is 0 Å². The summed E-state index contributed by atoms with van der Waals surface area (Å²) in [6.07, 6.45) is 29.2. The van der Waals surface area contributed by atoms with E-state index in [0.29, 0.717) is 0 Å². The molecule has 0 spiro atoms. The summed E-state index contributed by atoms with van der Waals surface area (Å²) >= 11 is -22.5. The van der Waals surface area contributed by atoms with E-state index < -0.39 is 39.0 Å². The van der Waals surface area contributed by atoms with Gasteiger partial charge in [0.05, 0.1) is 0 Å². The standard InChI is InChI=1S/C44H56P2.12FH.Pd.2Sb/c1-5-19-35(20-6-1)45(36-21-7-2-8-22-36)41-31-29-33-17-13-15-27-39(33)43(41)44-40-28-16-14-18-34(40)30-32-42(44)46(37-23-9-3-10-24-37)38-25-11-4-12-26-38;;;;;;;;;;;;;;;/h13-18,27-32,35-38H,1-12,19-26H2;12*1H;;;/q;;;;;;;;;;;;;+2;2*+5/p-12. The Bertz CT molecular complexity index is 1870. The molecule has 4 aliphatic rings. The first-order valence-electron chi connectivity index (χ1n) is 21.5. The Morgan fingerprint density at radius 1 is 0.328 bits per heavy atom. The van der Waals surface area contributed by atoms with Gasteiger partial charge in [-0.15, -0.1) is 0 Å². The van der Waals surface area contributed by atoms with Crippen LogP contribution in [-0.4, -0.2) is 61.6 Å². The van der Waals surface area contributed by atoms with Gasteiger partial charge in [0.1, 0.15) is 0 Å². The van der Waals surface area contributed by atoms with E-state index >= 15 is 0 Å². The largest absolute Gasteiger partial charge is 2.00 e. The molecular formula is C44H56F12P2PdSb2. The Morgan fingerprint density at radius 2 is 0.557 bits per heavy atom. The third kappa shape index (κ3) is 17.1. The van der Waals surface area contributed by atoms with E-state index in [0.717, 1.165) is 22.6 Å². The third-order valence-electron chi connectivity index (χ3n) is 12.5. The zero-order valence-corrected chi connectivity index (χ0v) is 42.5. The molecule has 0 nitrogen and oxygen atoms in total. The van der Waals surface area contributed by atoms with Crippen LogP contribution in [-0.2, 0) is 20.4 Å². The summed E-state index contributed by atoms with van der Waals surface area (Å²) in [6.45, 7) is 0. The van der Waals surface area contributed by atoms with Gasteiger partial charge in [0.15, 0.2) is 0 Å². The molecule has 0 saturated heterocycles. The monoisotopic (exact) mass is 1220 g/mol. The van der Waals surface area contributed by atoms with Crippen LogP contribution < -0.4 is 10.6 Å². The quantitative estimate of drug-likeness (QED) is 0.0983. The summed E-state index contributed by atoms with van der Waals surface area (Å²) in [5, 5.41) is 9.57. The smallest absolute Gasteiger partial charge is 0.0683 e. The normalized spacial score (nSPS) is 21.5. The molecular weight excluding hydrogens is 1170 g/mol. The van der Waals surface area contributed by atoms with Crippen LogP contribution in [0.2, 0.25) is 0 Å². The number of benzene rings is 4. The van der Waals surface area contributed by atoms with Crippen molar-refractivity contribution in [2.75, 3.05) is 0 Å². The molecule has 0 aliphatic heterocycles. The van der Waals surface area contributed by atoms with E-state index in [1.165, 1.54) is 139 Å². The molecule has 4 saturated carbocycles. The number of fused-ring (bicyclic) bond motifs is 2. The molecule has 346 valence electrons. The van der Waals surface area contributed by atoms with Crippen molar-refractivity contribution in [2.45, 2.75) is 151 Å². The predicted octanol–water partition coefficient (Wildman–Crippen LogP) is 17.5. The Labute approximate surface area is 373 Å². The molecule has 61 heavy (non-hydrogen) atoms. The maximum atomic E-state index is 9.93. The first kappa shape index (κ1) is 51.7. The van der Waals surface area contributed by atoms with Gasteiger partial charge >= 0.3 is 93.1 Å². The number of halogens is 12. The van der Waals surface area contributed by atoms with Crippen molar-refractivity contribution in [3.63, 3.8) is 0 Å². The fraction of sp³-hybridized carbons (Fsp3) is 0.545. The number of rotatable bonds is 7. The number of hydrogen-bond donors (Lipinski definition) is 0. The predicted molar refractivity (Wildman–Crippen MR) is 232 cm³/mol. The Hall–Kier alpha value is -0.281. The molecule has 0 aromatic heterocycles. The van der Waals surface area contributed by atoms with E-state index in [9.17, 15) is 33.8 Å². The molecule has 4 aromatic rings. The van der Waals surface area contributed by atoms with Crippen molar-refractivity contribution in [1.82, 2.24) is 0 Å². The summed E-state index contributed by atoms with van der Waals surface area (Å²) < 4.78 is 119. The molecule has 17 heteroatoms. The molecule has 0 heterocycles. The van der Waals surface area contributed by atoms with E-state index in [2.05, 4.69) is 72.8 Å². The van der Waals surface area contributed by atoms with Crippen LogP contribution in [0.5, 0.6) is 0 Å². The summed E-state index contributed by atoms with van der Waals surface area (Å²) in [7, 11) is -0.437. The minimum absolute atomic E-state index is 0. The van der Waals surface area contributed by atoms with Gasteiger partial charge in [-0.2, -0.15) is 0 Å². The van der Waals surface area contributed by atoms with Gasteiger partial charge in [0, 0.05) is 0 Å². The van der Waals surface area contributed by atoms with Gasteiger partial charge in [0.2, 0.25) is 0 Å². The fourth-order valence-electron chi connectivity index (χ4n) is 10.3. The summed E-state index contributed by atoms with van der Waals surface area (Å²) in [6, 6.07) is 29.5. The molecule has 4 aliphatic carbocycles. The van der Waals surface area contributed by atoms with Gasteiger partial charge in [-0.3, -0.25) is 0 Å². The van der Waals surface area contributed by atoms with Crippen LogP contribution in [0.15, 0.2) is 72.8 Å². The van der Waals surface area contributed by atoms with E-state index in [1.54, 1.807) is 32.5 Å². The van der Waals surface area contributed by atoms with Crippen molar-refractivity contribution < 1.29 is 54.2 Å². The molecule has 0 bridgehead atoms. The minimum Gasteiger partial charge on any atom is -0.0683 e. The van der Waals surface area contributed by atoms with Crippen LogP contribution >= 0.6 is 15.8 Å². The molecule has 0 N–H and O–H groups in total. The van der Waals surface area contributed by atoms with E-state index in [-0.39, 0.29) is 36.3 Å². The second-order valence-electron chi connectivity index (χ2n) is 17.3. The fourth-order valence-corrected chi connectivity index (χ4v) is 18.2. The summed E-state index contributed by atoms with van der Waals surface area (Å²) in [5.74, 6) is 0. The minimum atomic E-state index is -11.2. The van der Waals surface area contributed by atoms with Crippen molar-refractivity contribution in [3.05, 3.63) is 72.8 Å². The van der Waals surface area contributed by atoms with Crippen molar-refractivity contribution >= 4 is 86.9 Å². The molecule has 8 rings (SSSR count). The van der Waals surface area contributed by atoms with E-state index in [4.69, 9.17) is 0 Å². The summed E-state index contributed by atoms with van der Waals surface area (Å²) in [5.41, 5.74) is 7.00. The first-order valence-corrected chi connectivity index (χ1v) is 36.0. The first-order chi connectivity index (χ1) is 27.8. The van der Waals surface area contributed by atoms with Crippen LogP contribution in [0, 0.1) is 0 Å². The van der Waals surface area contributed by atoms with Crippen LogP contribution in [0.25, 0.3) is 32.7 Å². The van der Waals surface area contributed by atoms with Gasteiger partial charge in [-0.1, -0.05) is 166 Å². The molecule has 0 amide bonds. The SMILES string of the molecule is [F][Sb-]([F])([F])([F])([F])[F].[F][Sb-]([F])([F])([F])([F])[F].[Pd+2].c1ccc2c(-c3c(P(C4CCCCC4)C4CCCCC4)ccc4ccccc34)c(P(C3CCCCC3)C3CCCCC3)ccc2c1. The van der Waals surface area contributed by atoms with E-state index in [1.807, 2.05) is 0 Å². The molecule has 4 fully saturated rings. The average Bonchev–Trinajstić information content (AvgIpc) is 3.17. The summed E-state index contributed by atoms with van der Waals surface area (Å²) in [4.78, 5) is 0. The Morgan fingerprint density at radius 3 is 0.803 bits per heavy atom. The maximum absolute atomic E-state index is 11.2. The second kappa shape index (κ2) is 19.1. The van der Waals surface area contributed by atoms with Gasteiger partial charge in [-0.25, -0.2) is 0 Å². The molecule has 0 unspecified atom stereocenters. The zero-order chi connectivity index (χ0) is 43.5. The Kier molecular flexibility index (Phi) is 16.2. The van der Waals surface area contributed by atoms with Crippen LogP contribution in [0.1, 0.15) is 128 Å². The van der Waals surface area contributed by atoms with Crippen molar-refractivity contribution in [3.8, 4) is 11.1 Å². The van der Waals surface area contributed by atoms with Gasteiger partial charge in [-0.05, 0) is 117 Å². The van der Waals surface area contributed by atoms with Crippen LogP contribution in [0.4, 0.5) is 33.8 Å². The topological polar surface area (TPSA) is 0 Å². The zero-order valence-electron chi connectivity index (χ0n) is 34.0. The van der Waals surface area contributed by atoms with Crippen LogP contribution in [0.3, 0.4) is 0 Å². The maximum Gasteiger partial charge on any atom is 2.00 e. The molecule has 0 atom stereocenters. The van der Waals surface area contributed by atoms with Crippen molar-refractivity contribution in [1.29, 1.82) is 0 Å². The third-order valence-corrected chi connectivity index (χ3v) is 19.6. The Balaban J connectivity index is 0.000000407. The molecule has 4 aromatic carbocycles. The molecule has 0 radical (unpaired) electrons.